The van der Waals surface area contributed by atoms with Gasteiger partial charge in [-0.15, -0.1) is 0 Å². The Balaban J connectivity index is 0.000000771. The lowest BCUT2D eigenvalue weighted by atomic mass is 10.00. The molecular weight excluding hydrogens is 462 g/mol. The van der Waals surface area contributed by atoms with Gasteiger partial charge in [-0.3, -0.25) is 0 Å². The molecular formula is C25H46ClNO5S. The fraction of sp³-hybridized carbons (Fsp3) is 0.760. The van der Waals surface area contributed by atoms with Crippen molar-refractivity contribution in [1.29, 1.82) is 0 Å². The number of aryl methyl sites for hydroxylation is 1. The summed E-state index contributed by atoms with van der Waals surface area (Å²) in [5.41, 5.74) is 6.50. The Morgan fingerprint density at radius 3 is 1.67 bits per heavy atom. The van der Waals surface area contributed by atoms with Crippen LogP contribution in [0.5, 0.6) is 0 Å². The van der Waals surface area contributed by atoms with Crippen LogP contribution in [0.1, 0.15) is 96.0 Å². The van der Waals surface area contributed by atoms with E-state index in [1.807, 2.05) is 6.92 Å². The van der Waals surface area contributed by atoms with Gasteiger partial charge in [-0.25, -0.2) is 8.42 Å². The summed E-state index contributed by atoms with van der Waals surface area (Å²) in [6.45, 7) is 3.84. The molecule has 0 aliphatic heterocycles. The van der Waals surface area contributed by atoms with Gasteiger partial charge in [-0.2, -0.15) is 0 Å². The zero-order valence-corrected chi connectivity index (χ0v) is 22.0. The van der Waals surface area contributed by atoms with Crippen molar-refractivity contribution in [2.75, 3.05) is 6.61 Å². The third-order valence-electron chi connectivity index (χ3n) is 5.70. The first-order chi connectivity index (χ1) is 15.6. The number of rotatable bonds is 17. The van der Waals surface area contributed by atoms with Gasteiger partial charge in [-0.05, 0) is 25.5 Å². The van der Waals surface area contributed by atoms with E-state index in [-0.39, 0.29) is 11.5 Å². The zero-order valence-electron chi connectivity index (χ0n) is 20.5. The second kappa shape index (κ2) is 19.6. The summed E-state index contributed by atoms with van der Waals surface area (Å²) in [5, 5.41) is 28.2. The smallest absolute Gasteiger partial charge is 0.261 e. The van der Waals surface area contributed by atoms with Crippen LogP contribution in [0.25, 0.3) is 0 Å². The Morgan fingerprint density at radius 2 is 1.27 bits per heavy atom. The van der Waals surface area contributed by atoms with E-state index < -0.39 is 27.3 Å². The van der Waals surface area contributed by atoms with Crippen LogP contribution in [0.2, 0.25) is 0 Å². The minimum atomic E-state index is -3.55. The molecule has 8 heteroatoms. The average Bonchev–Trinajstić information content (AvgIpc) is 2.78. The first kappa shape index (κ1) is 32.3. The summed E-state index contributed by atoms with van der Waals surface area (Å²) in [6, 6.07) is 5.63. The molecule has 0 saturated carbocycles. The predicted molar refractivity (Wildman–Crippen MR) is 137 cm³/mol. The molecule has 3 unspecified atom stereocenters. The molecule has 5 N–H and O–H groups in total. The number of unbranched alkanes of at least 4 members (excludes halogenated alkanes) is 11. The molecule has 0 bridgehead atoms. The monoisotopic (exact) mass is 507 g/mol. The molecule has 33 heavy (non-hydrogen) atoms. The van der Waals surface area contributed by atoms with Gasteiger partial charge < -0.3 is 21.1 Å². The lowest BCUT2D eigenvalue weighted by Crippen LogP contribution is -2.45. The Morgan fingerprint density at radius 1 is 0.848 bits per heavy atom. The fourth-order valence-corrected chi connectivity index (χ4v) is 4.23. The molecule has 0 aliphatic rings. The zero-order chi connectivity index (χ0) is 25.1. The topological polar surface area (TPSA) is 121 Å². The summed E-state index contributed by atoms with van der Waals surface area (Å²) >= 11 is 0. The van der Waals surface area contributed by atoms with E-state index in [1.54, 1.807) is 12.1 Å². The number of hydrogen-bond acceptors (Lipinski definition) is 6. The molecule has 0 fully saturated rings. The van der Waals surface area contributed by atoms with Gasteiger partial charge in [0.05, 0.1) is 29.8 Å². The number of benzene rings is 1. The highest BCUT2D eigenvalue weighted by molar-refractivity contribution is 8.13. The first-order valence-corrected chi connectivity index (χ1v) is 14.7. The van der Waals surface area contributed by atoms with Crippen molar-refractivity contribution in [1.82, 2.24) is 0 Å². The summed E-state index contributed by atoms with van der Waals surface area (Å²) in [5.74, 6) is 0. The molecule has 1 rings (SSSR count). The number of aliphatic hydroxyl groups excluding tert-OH is 3. The number of aliphatic hydroxyl groups is 3. The molecule has 0 aromatic heterocycles. The summed E-state index contributed by atoms with van der Waals surface area (Å²) < 4.78 is 21.4. The predicted octanol–water partition coefficient (Wildman–Crippen LogP) is 5.04. The molecule has 3 atom stereocenters. The molecule has 0 aliphatic carbocycles. The van der Waals surface area contributed by atoms with Crippen LogP contribution >= 0.6 is 10.7 Å². The molecule has 1 aromatic carbocycles. The number of hydrogen-bond donors (Lipinski definition) is 4. The summed E-state index contributed by atoms with van der Waals surface area (Å²) in [4.78, 5) is 0.143. The van der Waals surface area contributed by atoms with E-state index in [1.165, 1.54) is 76.3 Å². The largest absolute Gasteiger partial charge is 0.395 e. The van der Waals surface area contributed by atoms with Gasteiger partial charge in [0.25, 0.3) is 9.05 Å². The molecule has 194 valence electrons. The maximum absolute atomic E-state index is 10.7. The van der Waals surface area contributed by atoms with E-state index in [2.05, 4.69) is 6.92 Å². The third kappa shape index (κ3) is 17.4. The molecule has 0 amide bonds. The van der Waals surface area contributed by atoms with Crippen LogP contribution in [0, 0.1) is 6.92 Å². The van der Waals surface area contributed by atoms with Crippen LogP contribution in [-0.4, -0.2) is 48.6 Å². The second-order valence-electron chi connectivity index (χ2n) is 8.83. The lowest BCUT2D eigenvalue weighted by molar-refractivity contribution is -0.0121. The summed E-state index contributed by atoms with van der Waals surface area (Å²) in [6.07, 6.45) is 14.1. The van der Waals surface area contributed by atoms with Gasteiger partial charge in [0.15, 0.2) is 0 Å². The van der Waals surface area contributed by atoms with Crippen LogP contribution < -0.4 is 5.73 Å². The van der Waals surface area contributed by atoms with Gasteiger partial charge in [-0.1, -0.05) is 102 Å². The van der Waals surface area contributed by atoms with Crippen molar-refractivity contribution < 1.29 is 23.7 Å². The highest BCUT2D eigenvalue weighted by Crippen LogP contribution is 2.15. The van der Waals surface area contributed by atoms with Crippen molar-refractivity contribution in [2.24, 2.45) is 5.73 Å². The van der Waals surface area contributed by atoms with E-state index >= 15 is 0 Å². The standard InChI is InChI=1S/C18H39NO3.C7H7ClO2S/c1-2-3-4-5-6-7-8-9-10-11-12-13-14-17(21)18(22)16(19)15-20;1-6-2-4-7(5-3-6)11(8,9)10/h16-18,20-22H,2-15,19H2,1H3;2-5H,1H3. The molecule has 1 aromatic rings. The Kier molecular flexibility index (Phi) is 19.2. The minimum Gasteiger partial charge on any atom is -0.395 e. The van der Waals surface area contributed by atoms with Crippen molar-refractivity contribution in [3.63, 3.8) is 0 Å². The number of halogens is 1. The summed E-state index contributed by atoms with van der Waals surface area (Å²) in [7, 11) is 1.54. The van der Waals surface area contributed by atoms with E-state index in [0.717, 1.165) is 18.4 Å². The first-order valence-electron chi connectivity index (χ1n) is 12.4. The average molecular weight is 508 g/mol. The van der Waals surface area contributed by atoms with Gasteiger partial charge >= 0.3 is 0 Å². The van der Waals surface area contributed by atoms with E-state index in [0.29, 0.717) is 6.42 Å². The van der Waals surface area contributed by atoms with Crippen molar-refractivity contribution in [3.05, 3.63) is 29.8 Å². The van der Waals surface area contributed by atoms with Gasteiger partial charge in [0.1, 0.15) is 0 Å². The fourth-order valence-electron chi connectivity index (χ4n) is 3.46. The minimum absolute atomic E-state index is 0.143. The van der Waals surface area contributed by atoms with E-state index in [9.17, 15) is 18.6 Å². The van der Waals surface area contributed by atoms with Crippen LogP contribution in [0.4, 0.5) is 0 Å². The lowest BCUT2D eigenvalue weighted by Gasteiger charge is -2.22. The third-order valence-corrected chi connectivity index (χ3v) is 7.07. The molecule has 0 spiro atoms. The van der Waals surface area contributed by atoms with Crippen LogP contribution in [-0.2, 0) is 9.05 Å². The Bertz CT molecular complexity index is 685. The maximum Gasteiger partial charge on any atom is 0.261 e. The second-order valence-corrected chi connectivity index (χ2v) is 11.4. The van der Waals surface area contributed by atoms with E-state index in [4.69, 9.17) is 21.5 Å². The number of nitrogens with two attached hydrogens (primary N) is 1. The SMILES string of the molecule is CCCCCCCCCCCCCCC(O)C(O)C(N)CO.Cc1ccc(S(=O)(=O)Cl)cc1. The Hall–Kier alpha value is -0.700. The molecule has 0 saturated heterocycles. The Labute approximate surface area is 206 Å². The van der Waals surface area contributed by atoms with Crippen LogP contribution in [0.15, 0.2) is 29.2 Å². The van der Waals surface area contributed by atoms with Gasteiger partial charge in [0, 0.05) is 10.7 Å². The molecule has 6 nitrogen and oxygen atoms in total. The van der Waals surface area contributed by atoms with Crippen molar-refractivity contribution >= 4 is 19.7 Å². The van der Waals surface area contributed by atoms with Gasteiger partial charge in [0.2, 0.25) is 0 Å². The maximum atomic E-state index is 10.7. The van der Waals surface area contributed by atoms with Crippen LogP contribution in [0.3, 0.4) is 0 Å². The normalized spacial score (nSPS) is 14.3. The molecule has 0 radical (unpaired) electrons. The highest BCUT2D eigenvalue weighted by atomic mass is 35.7. The van der Waals surface area contributed by atoms with Crippen molar-refractivity contribution in [2.45, 2.75) is 120 Å². The van der Waals surface area contributed by atoms with Crippen molar-refractivity contribution in [3.8, 4) is 0 Å². The quantitative estimate of drug-likeness (QED) is 0.173. The molecule has 0 heterocycles. The highest BCUT2D eigenvalue weighted by Gasteiger charge is 2.22.